The first-order valence-corrected chi connectivity index (χ1v) is 6.83. The Balaban J connectivity index is 1.77. The standard InChI is InChI=1S/C15H14N2S/c1-11-7-9-13(10-8-11)15-17-16-14(18-15)12-5-3-2-4-6-12/h2-10,14,16H,1H3/t14-/m1/s1. The lowest BCUT2D eigenvalue weighted by Gasteiger charge is -2.08. The van der Waals surface area contributed by atoms with Crippen LogP contribution in [0.3, 0.4) is 0 Å². The number of benzene rings is 2. The lowest BCUT2D eigenvalue weighted by Crippen LogP contribution is -2.05. The number of rotatable bonds is 2. The van der Waals surface area contributed by atoms with Crippen molar-refractivity contribution in [3.63, 3.8) is 0 Å². The first kappa shape index (κ1) is 11.4. The molecule has 1 heterocycles. The zero-order valence-corrected chi connectivity index (χ0v) is 10.9. The van der Waals surface area contributed by atoms with Gasteiger partial charge in [0.15, 0.2) is 0 Å². The third-order valence-electron chi connectivity index (χ3n) is 2.91. The Morgan fingerprint density at radius 1 is 1.00 bits per heavy atom. The van der Waals surface area contributed by atoms with Crippen molar-refractivity contribution in [3.05, 3.63) is 71.3 Å². The average Bonchev–Trinajstić information content (AvgIpc) is 2.90. The second kappa shape index (κ2) is 4.86. The van der Waals surface area contributed by atoms with E-state index in [1.54, 1.807) is 11.8 Å². The number of hydrogen-bond donors (Lipinski definition) is 1. The number of hydrogen-bond acceptors (Lipinski definition) is 3. The largest absolute Gasteiger partial charge is 0.291 e. The first-order chi connectivity index (χ1) is 8.83. The molecule has 1 N–H and O–H groups in total. The molecule has 2 aromatic carbocycles. The van der Waals surface area contributed by atoms with Crippen molar-refractivity contribution in [2.24, 2.45) is 5.10 Å². The summed E-state index contributed by atoms with van der Waals surface area (Å²) in [5.74, 6) is 0. The molecule has 0 radical (unpaired) electrons. The van der Waals surface area contributed by atoms with Crippen LogP contribution < -0.4 is 5.43 Å². The summed E-state index contributed by atoms with van der Waals surface area (Å²) in [4.78, 5) is 0. The summed E-state index contributed by atoms with van der Waals surface area (Å²) in [5, 5.41) is 5.71. The van der Waals surface area contributed by atoms with Gasteiger partial charge in [0, 0.05) is 5.56 Å². The van der Waals surface area contributed by atoms with Gasteiger partial charge in [-0.25, -0.2) is 0 Å². The third-order valence-corrected chi connectivity index (χ3v) is 4.08. The van der Waals surface area contributed by atoms with E-state index in [-0.39, 0.29) is 5.37 Å². The Labute approximate surface area is 111 Å². The van der Waals surface area contributed by atoms with Gasteiger partial charge in [-0.3, -0.25) is 5.43 Å². The zero-order valence-electron chi connectivity index (χ0n) is 10.1. The minimum Gasteiger partial charge on any atom is -0.291 e. The molecule has 0 bridgehead atoms. The van der Waals surface area contributed by atoms with Crippen molar-refractivity contribution in [2.45, 2.75) is 12.3 Å². The SMILES string of the molecule is Cc1ccc(C2=NN[C@@H](c3ccccc3)S2)cc1. The molecule has 1 atom stereocenters. The molecular formula is C15H14N2S. The highest BCUT2D eigenvalue weighted by Crippen LogP contribution is 2.33. The Kier molecular flexibility index (Phi) is 3.07. The van der Waals surface area contributed by atoms with Gasteiger partial charge in [-0.15, -0.1) is 0 Å². The van der Waals surface area contributed by atoms with E-state index in [2.05, 4.69) is 66.0 Å². The van der Waals surface area contributed by atoms with Crippen LogP contribution in [-0.2, 0) is 0 Å². The summed E-state index contributed by atoms with van der Waals surface area (Å²) in [6.07, 6.45) is 0. The van der Waals surface area contributed by atoms with Gasteiger partial charge in [-0.2, -0.15) is 5.10 Å². The molecule has 1 aliphatic rings. The summed E-state index contributed by atoms with van der Waals surface area (Å²) < 4.78 is 0. The number of hydrazone groups is 1. The Morgan fingerprint density at radius 3 is 2.44 bits per heavy atom. The van der Waals surface area contributed by atoms with Crippen molar-refractivity contribution in [3.8, 4) is 0 Å². The van der Waals surface area contributed by atoms with Gasteiger partial charge >= 0.3 is 0 Å². The molecule has 0 saturated heterocycles. The summed E-state index contributed by atoms with van der Waals surface area (Å²) >= 11 is 1.76. The van der Waals surface area contributed by atoms with Gasteiger partial charge < -0.3 is 0 Å². The van der Waals surface area contributed by atoms with E-state index >= 15 is 0 Å². The van der Waals surface area contributed by atoms with Crippen LogP contribution in [0, 0.1) is 6.92 Å². The minimum atomic E-state index is 0.225. The number of aryl methyl sites for hydroxylation is 1. The predicted molar refractivity (Wildman–Crippen MR) is 77.6 cm³/mol. The van der Waals surface area contributed by atoms with Crippen molar-refractivity contribution < 1.29 is 0 Å². The molecule has 0 unspecified atom stereocenters. The number of nitrogens with zero attached hydrogens (tertiary/aromatic N) is 1. The molecule has 0 saturated carbocycles. The van der Waals surface area contributed by atoms with Crippen LogP contribution in [0.2, 0.25) is 0 Å². The second-order valence-corrected chi connectivity index (χ2v) is 5.41. The van der Waals surface area contributed by atoms with Gasteiger partial charge in [0.25, 0.3) is 0 Å². The maximum absolute atomic E-state index is 4.42. The van der Waals surface area contributed by atoms with Gasteiger partial charge in [0.2, 0.25) is 0 Å². The molecule has 0 aromatic heterocycles. The van der Waals surface area contributed by atoms with E-state index in [0.717, 1.165) is 5.04 Å². The number of nitrogens with one attached hydrogen (secondary N) is 1. The number of thioether (sulfide) groups is 1. The molecule has 0 aliphatic carbocycles. The molecule has 0 spiro atoms. The molecule has 18 heavy (non-hydrogen) atoms. The maximum Gasteiger partial charge on any atom is 0.126 e. The van der Waals surface area contributed by atoms with Crippen LogP contribution in [0.25, 0.3) is 0 Å². The van der Waals surface area contributed by atoms with E-state index in [9.17, 15) is 0 Å². The highest BCUT2D eigenvalue weighted by atomic mass is 32.2. The maximum atomic E-state index is 4.42. The third kappa shape index (κ3) is 2.27. The highest BCUT2D eigenvalue weighted by Gasteiger charge is 2.21. The van der Waals surface area contributed by atoms with Crippen LogP contribution in [-0.4, -0.2) is 5.04 Å². The normalized spacial score (nSPS) is 18.3. The van der Waals surface area contributed by atoms with Crippen LogP contribution in [0.15, 0.2) is 59.7 Å². The van der Waals surface area contributed by atoms with Crippen molar-refractivity contribution in [1.29, 1.82) is 0 Å². The van der Waals surface area contributed by atoms with Gasteiger partial charge in [-0.1, -0.05) is 71.9 Å². The van der Waals surface area contributed by atoms with Gasteiger partial charge in [-0.05, 0) is 12.5 Å². The van der Waals surface area contributed by atoms with Gasteiger partial charge in [0.05, 0.1) is 0 Å². The molecule has 1 aliphatic heterocycles. The molecule has 0 amide bonds. The summed E-state index contributed by atoms with van der Waals surface area (Å²) in [6.45, 7) is 2.10. The zero-order chi connectivity index (χ0) is 12.4. The van der Waals surface area contributed by atoms with Crippen molar-refractivity contribution in [2.75, 3.05) is 0 Å². The monoisotopic (exact) mass is 254 g/mol. The van der Waals surface area contributed by atoms with Gasteiger partial charge in [0.1, 0.15) is 10.4 Å². The van der Waals surface area contributed by atoms with Crippen LogP contribution in [0.5, 0.6) is 0 Å². The molecule has 3 heteroatoms. The van der Waals surface area contributed by atoms with E-state index in [0.29, 0.717) is 0 Å². The topological polar surface area (TPSA) is 24.4 Å². The molecule has 90 valence electrons. The Hall–Kier alpha value is -1.74. The van der Waals surface area contributed by atoms with E-state index in [4.69, 9.17) is 0 Å². The minimum absolute atomic E-state index is 0.225. The van der Waals surface area contributed by atoms with Crippen LogP contribution in [0.4, 0.5) is 0 Å². The van der Waals surface area contributed by atoms with E-state index in [1.807, 2.05) is 6.07 Å². The van der Waals surface area contributed by atoms with Crippen molar-refractivity contribution >= 4 is 16.8 Å². The summed E-state index contributed by atoms with van der Waals surface area (Å²) in [6, 6.07) is 18.9. The Bertz CT molecular complexity index is 561. The molecule has 0 fully saturated rings. The van der Waals surface area contributed by atoms with Crippen molar-refractivity contribution in [1.82, 2.24) is 5.43 Å². The summed E-state index contributed by atoms with van der Waals surface area (Å²) in [5.41, 5.74) is 6.90. The smallest absolute Gasteiger partial charge is 0.126 e. The fourth-order valence-corrected chi connectivity index (χ4v) is 2.88. The fraction of sp³-hybridized carbons (Fsp3) is 0.133. The van der Waals surface area contributed by atoms with E-state index in [1.165, 1.54) is 16.7 Å². The quantitative estimate of drug-likeness (QED) is 0.884. The average molecular weight is 254 g/mol. The van der Waals surface area contributed by atoms with Crippen LogP contribution in [0.1, 0.15) is 22.1 Å². The molecule has 2 nitrogen and oxygen atoms in total. The summed E-state index contributed by atoms with van der Waals surface area (Å²) in [7, 11) is 0. The fourth-order valence-electron chi connectivity index (χ4n) is 1.88. The van der Waals surface area contributed by atoms with Crippen LogP contribution >= 0.6 is 11.8 Å². The molecule has 2 aromatic rings. The lowest BCUT2D eigenvalue weighted by atomic mass is 10.2. The second-order valence-electron chi connectivity index (χ2n) is 4.32. The first-order valence-electron chi connectivity index (χ1n) is 5.95. The molecule has 3 rings (SSSR count). The Morgan fingerprint density at radius 2 is 1.72 bits per heavy atom. The molecular weight excluding hydrogens is 240 g/mol. The predicted octanol–water partition coefficient (Wildman–Crippen LogP) is 3.69. The van der Waals surface area contributed by atoms with E-state index < -0.39 is 0 Å². The highest BCUT2D eigenvalue weighted by molar-refractivity contribution is 8.14. The lowest BCUT2D eigenvalue weighted by molar-refractivity contribution is 0.744.